The second-order valence-corrected chi connectivity index (χ2v) is 7.02. The standard InChI is InChI=1S/C18H31N3O2S.HI/c1-24-15-12-21-18(20-11-9-17-8-5-14-23-17)19-10-4-7-16-6-2-3-13-22-16;/h5,8,14,16H,2-4,6-7,9-13,15H2,1H3,(H2,19,20,21);1H. The van der Waals surface area contributed by atoms with E-state index >= 15 is 0 Å². The number of ether oxygens (including phenoxy) is 1. The van der Waals surface area contributed by atoms with E-state index in [1.165, 1.54) is 19.3 Å². The molecule has 5 nitrogen and oxygen atoms in total. The fourth-order valence-electron chi connectivity index (χ4n) is 2.75. The van der Waals surface area contributed by atoms with Crippen molar-refractivity contribution in [1.82, 2.24) is 10.6 Å². The van der Waals surface area contributed by atoms with Crippen molar-refractivity contribution in [3.05, 3.63) is 24.2 Å². The summed E-state index contributed by atoms with van der Waals surface area (Å²) in [5, 5.41) is 6.79. The molecule has 7 heteroatoms. The Bertz CT molecular complexity index is 451. The molecule has 1 unspecified atom stereocenters. The van der Waals surface area contributed by atoms with Crippen molar-refractivity contribution in [2.24, 2.45) is 4.99 Å². The predicted molar refractivity (Wildman–Crippen MR) is 117 cm³/mol. The lowest BCUT2D eigenvalue weighted by Crippen LogP contribution is -2.39. The molecular weight excluding hydrogens is 449 g/mol. The summed E-state index contributed by atoms with van der Waals surface area (Å²) in [4.78, 5) is 4.70. The molecule has 25 heavy (non-hydrogen) atoms. The van der Waals surface area contributed by atoms with E-state index in [2.05, 4.69) is 16.9 Å². The number of nitrogens with zero attached hydrogens (tertiary/aromatic N) is 1. The highest BCUT2D eigenvalue weighted by atomic mass is 127. The SMILES string of the molecule is CSCCNC(=NCCCC1CCCCO1)NCCc1ccco1.I. The van der Waals surface area contributed by atoms with Crippen LogP contribution in [0.5, 0.6) is 0 Å². The Morgan fingerprint density at radius 3 is 2.92 bits per heavy atom. The minimum atomic E-state index is 0. The molecular formula is C18H32IN3O2S. The first-order valence-corrected chi connectivity index (χ1v) is 10.4. The summed E-state index contributed by atoms with van der Waals surface area (Å²) in [6.45, 7) is 3.53. The summed E-state index contributed by atoms with van der Waals surface area (Å²) in [5.74, 6) is 2.98. The van der Waals surface area contributed by atoms with Crippen molar-refractivity contribution >= 4 is 41.7 Å². The van der Waals surface area contributed by atoms with Crippen LogP contribution in [-0.2, 0) is 11.2 Å². The van der Waals surface area contributed by atoms with Crippen molar-refractivity contribution in [2.75, 3.05) is 38.2 Å². The molecule has 0 bridgehead atoms. The fourth-order valence-corrected chi connectivity index (χ4v) is 3.06. The van der Waals surface area contributed by atoms with E-state index in [0.717, 1.165) is 63.0 Å². The third kappa shape index (κ3) is 10.4. The van der Waals surface area contributed by atoms with Crippen LogP contribution in [0.3, 0.4) is 0 Å². The number of halogens is 1. The van der Waals surface area contributed by atoms with Crippen LogP contribution < -0.4 is 10.6 Å². The van der Waals surface area contributed by atoms with E-state index < -0.39 is 0 Å². The van der Waals surface area contributed by atoms with Crippen LogP contribution in [0.1, 0.15) is 37.9 Å². The third-order valence-electron chi connectivity index (χ3n) is 4.07. The van der Waals surface area contributed by atoms with E-state index in [-0.39, 0.29) is 24.0 Å². The average molecular weight is 481 g/mol. The number of furan rings is 1. The highest BCUT2D eigenvalue weighted by Crippen LogP contribution is 2.16. The summed E-state index contributed by atoms with van der Waals surface area (Å²) in [6, 6.07) is 3.93. The zero-order valence-corrected chi connectivity index (χ0v) is 18.3. The molecule has 0 saturated carbocycles. The number of aliphatic imine (C=N–C) groups is 1. The van der Waals surface area contributed by atoms with Gasteiger partial charge >= 0.3 is 0 Å². The molecule has 2 rings (SSSR count). The molecule has 1 saturated heterocycles. The third-order valence-corrected chi connectivity index (χ3v) is 4.68. The molecule has 1 atom stereocenters. The Hall–Kier alpha value is -0.410. The van der Waals surface area contributed by atoms with Gasteiger partial charge in [-0.25, -0.2) is 0 Å². The lowest BCUT2D eigenvalue weighted by molar-refractivity contribution is 0.0105. The van der Waals surface area contributed by atoms with Gasteiger partial charge in [0.25, 0.3) is 0 Å². The van der Waals surface area contributed by atoms with Gasteiger partial charge in [-0.2, -0.15) is 11.8 Å². The highest BCUT2D eigenvalue weighted by molar-refractivity contribution is 14.0. The Balaban J connectivity index is 0.00000312. The average Bonchev–Trinajstić information content (AvgIpc) is 3.13. The number of hydrogen-bond donors (Lipinski definition) is 2. The molecule has 0 aromatic carbocycles. The van der Waals surface area contributed by atoms with Crippen molar-refractivity contribution in [2.45, 2.75) is 44.6 Å². The van der Waals surface area contributed by atoms with Crippen molar-refractivity contribution in [3.8, 4) is 0 Å². The molecule has 1 aromatic heterocycles. The maximum atomic E-state index is 5.78. The fraction of sp³-hybridized carbons (Fsp3) is 0.722. The minimum absolute atomic E-state index is 0. The Morgan fingerprint density at radius 2 is 2.20 bits per heavy atom. The molecule has 1 aromatic rings. The van der Waals surface area contributed by atoms with Gasteiger partial charge in [0.2, 0.25) is 0 Å². The zero-order chi connectivity index (χ0) is 16.9. The molecule has 2 N–H and O–H groups in total. The quantitative estimate of drug-likeness (QED) is 0.231. The zero-order valence-electron chi connectivity index (χ0n) is 15.2. The molecule has 0 radical (unpaired) electrons. The summed E-state index contributed by atoms with van der Waals surface area (Å²) in [7, 11) is 0. The summed E-state index contributed by atoms with van der Waals surface area (Å²) in [6.07, 6.45) is 11.1. The Labute approximate surface area is 173 Å². The van der Waals surface area contributed by atoms with Gasteiger partial charge in [0, 0.05) is 38.4 Å². The normalized spacial score (nSPS) is 17.8. The van der Waals surface area contributed by atoms with E-state index in [1.54, 1.807) is 6.26 Å². The summed E-state index contributed by atoms with van der Waals surface area (Å²) < 4.78 is 11.1. The maximum absolute atomic E-state index is 5.78. The first-order chi connectivity index (χ1) is 11.9. The molecule has 2 heterocycles. The maximum Gasteiger partial charge on any atom is 0.191 e. The van der Waals surface area contributed by atoms with E-state index in [9.17, 15) is 0 Å². The highest BCUT2D eigenvalue weighted by Gasteiger charge is 2.12. The second-order valence-electron chi connectivity index (χ2n) is 6.04. The van der Waals surface area contributed by atoms with Crippen molar-refractivity contribution < 1.29 is 9.15 Å². The number of guanidine groups is 1. The minimum Gasteiger partial charge on any atom is -0.469 e. The largest absolute Gasteiger partial charge is 0.469 e. The van der Waals surface area contributed by atoms with Gasteiger partial charge in [-0.15, -0.1) is 24.0 Å². The smallest absolute Gasteiger partial charge is 0.191 e. The van der Waals surface area contributed by atoms with Crippen LogP contribution in [0.4, 0.5) is 0 Å². The van der Waals surface area contributed by atoms with E-state index in [0.29, 0.717) is 6.10 Å². The van der Waals surface area contributed by atoms with Gasteiger partial charge in [-0.1, -0.05) is 0 Å². The van der Waals surface area contributed by atoms with E-state index in [1.807, 2.05) is 23.9 Å². The van der Waals surface area contributed by atoms with Crippen LogP contribution >= 0.6 is 35.7 Å². The Kier molecular flexibility index (Phi) is 13.3. The molecule has 1 fully saturated rings. The monoisotopic (exact) mass is 481 g/mol. The first kappa shape index (κ1) is 22.6. The molecule has 0 spiro atoms. The van der Waals surface area contributed by atoms with Crippen LogP contribution in [-0.4, -0.2) is 50.3 Å². The molecule has 0 amide bonds. The summed E-state index contributed by atoms with van der Waals surface area (Å²) >= 11 is 1.84. The van der Waals surface area contributed by atoms with Crippen molar-refractivity contribution in [3.63, 3.8) is 0 Å². The number of rotatable bonds is 10. The van der Waals surface area contributed by atoms with Crippen LogP contribution in [0.15, 0.2) is 27.8 Å². The topological polar surface area (TPSA) is 58.8 Å². The van der Waals surface area contributed by atoms with Gasteiger partial charge < -0.3 is 19.8 Å². The Morgan fingerprint density at radius 1 is 1.32 bits per heavy atom. The molecule has 1 aliphatic rings. The first-order valence-electron chi connectivity index (χ1n) is 9.03. The number of hydrogen-bond acceptors (Lipinski definition) is 4. The second kappa shape index (κ2) is 14.7. The van der Waals surface area contributed by atoms with Crippen LogP contribution in [0.25, 0.3) is 0 Å². The number of thioether (sulfide) groups is 1. The molecule has 0 aliphatic carbocycles. The van der Waals surface area contributed by atoms with Gasteiger partial charge in [0.05, 0.1) is 12.4 Å². The molecule has 144 valence electrons. The van der Waals surface area contributed by atoms with E-state index in [4.69, 9.17) is 14.1 Å². The summed E-state index contributed by atoms with van der Waals surface area (Å²) in [5.41, 5.74) is 0. The molecule has 1 aliphatic heterocycles. The van der Waals surface area contributed by atoms with Gasteiger partial charge in [-0.05, 0) is 50.5 Å². The number of nitrogens with one attached hydrogen (secondary N) is 2. The predicted octanol–water partition coefficient (Wildman–Crippen LogP) is 3.69. The van der Waals surface area contributed by atoms with Gasteiger partial charge in [0.15, 0.2) is 5.96 Å². The van der Waals surface area contributed by atoms with Crippen molar-refractivity contribution in [1.29, 1.82) is 0 Å². The van der Waals surface area contributed by atoms with Gasteiger partial charge in [-0.3, -0.25) is 4.99 Å². The lowest BCUT2D eigenvalue weighted by atomic mass is 10.1. The van der Waals surface area contributed by atoms with Gasteiger partial charge in [0.1, 0.15) is 5.76 Å². The lowest BCUT2D eigenvalue weighted by Gasteiger charge is -2.22. The van der Waals surface area contributed by atoms with Crippen LogP contribution in [0, 0.1) is 0 Å². The van der Waals surface area contributed by atoms with Crippen LogP contribution in [0.2, 0.25) is 0 Å².